The monoisotopic (exact) mass is 496 g/mol. The highest BCUT2D eigenvalue weighted by Crippen LogP contribution is 2.50. The molecule has 1 saturated heterocycles. The summed E-state index contributed by atoms with van der Waals surface area (Å²) in [5.74, 6) is 9.95. The van der Waals surface area contributed by atoms with Crippen LogP contribution in [0.2, 0.25) is 5.02 Å². The number of nitrogens with two attached hydrogens (primary N) is 2. The van der Waals surface area contributed by atoms with E-state index in [1.165, 1.54) is 0 Å². The summed E-state index contributed by atoms with van der Waals surface area (Å²) < 4.78 is 5.83. The van der Waals surface area contributed by atoms with E-state index in [9.17, 15) is 0 Å². The molecular weight excluding hydrogens is 472 g/mol. The van der Waals surface area contributed by atoms with E-state index in [1.807, 2.05) is 36.4 Å². The van der Waals surface area contributed by atoms with Gasteiger partial charge in [0.2, 0.25) is 0 Å². The second-order valence-electron chi connectivity index (χ2n) is 9.49. The van der Waals surface area contributed by atoms with Crippen LogP contribution in [-0.2, 0) is 6.61 Å². The summed E-state index contributed by atoms with van der Waals surface area (Å²) in [5.41, 5.74) is 16.2. The lowest BCUT2D eigenvalue weighted by molar-refractivity contribution is 0.301. The van der Waals surface area contributed by atoms with Crippen LogP contribution in [0.5, 0.6) is 5.75 Å². The van der Waals surface area contributed by atoms with Crippen LogP contribution in [0.15, 0.2) is 54.7 Å². The van der Waals surface area contributed by atoms with Crippen LogP contribution in [0.3, 0.4) is 0 Å². The Morgan fingerprint density at radius 3 is 2.67 bits per heavy atom. The zero-order valence-electron chi connectivity index (χ0n) is 19.8. The van der Waals surface area contributed by atoms with Gasteiger partial charge in [-0.2, -0.15) is 0 Å². The molecule has 0 bridgehead atoms. The molecule has 2 aromatic heterocycles. The molecule has 180 valence electrons. The Labute approximate surface area is 214 Å². The van der Waals surface area contributed by atoms with Gasteiger partial charge in [0.15, 0.2) is 5.82 Å². The number of piperidine rings is 1. The minimum atomic E-state index is 0.323. The SMILES string of the molecule is CN1C[C@@H]2C(C#Cc3cc4nc(-c5ccc(OCc6ccccn6)c(Cl)c5)nc(N)c4cc3N)[C@@H]2C1. The van der Waals surface area contributed by atoms with Crippen LogP contribution in [-0.4, -0.2) is 40.0 Å². The van der Waals surface area contributed by atoms with Gasteiger partial charge in [0, 0.05) is 47.4 Å². The Balaban J connectivity index is 1.26. The van der Waals surface area contributed by atoms with Gasteiger partial charge in [0.05, 0.1) is 16.2 Å². The Bertz CT molecular complexity index is 1520. The third-order valence-electron chi connectivity index (χ3n) is 6.94. The molecule has 6 rings (SSSR count). The summed E-state index contributed by atoms with van der Waals surface area (Å²) >= 11 is 6.51. The lowest BCUT2D eigenvalue weighted by Gasteiger charge is -2.11. The van der Waals surface area contributed by atoms with Gasteiger partial charge >= 0.3 is 0 Å². The number of nitrogen functional groups attached to an aromatic ring is 2. The molecule has 7 nitrogen and oxygen atoms in total. The summed E-state index contributed by atoms with van der Waals surface area (Å²) in [6.45, 7) is 2.57. The largest absolute Gasteiger partial charge is 0.486 e. The topological polar surface area (TPSA) is 103 Å². The quantitative estimate of drug-likeness (QED) is 0.321. The number of anilines is 2. The van der Waals surface area contributed by atoms with E-state index in [1.54, 1.807) is 18.3 Å². The van der Waals surface area contributed by atoms with Crippen molar-refractivity contribution in [3.8, 4) is 29.0 Å². The number of benzene rings is 2. The second kappa shape index (κ2) is 8.98. The minimum Gasteiger partial charge on any atom is -0.486 e. The minimum absolute atomic E-state index is 0.323. The fourth-order valence-corrected chi connectivity index (χ4v) is 5.19. The fourth-order valence-electron chi connectivity index (χ4n) is 4.96. The van der Waals surface area contributed by atoms with Crippen molar-refractivity contribution in [2.45, 2.75) is 6.61 Å². The third-order valence-corrected chi connectivity index (χ3v) is 7.23. The first kappa shape index (κ1) is 22.6. The molecule has 0 amide bonds. The van der Waals surface area contributed by atoms with Crippen molar-refractivity contribution >= 4 is 34.0 Å². The van der Waals surface area contributed by atoms with Gasteiger partial charge < -0.3 is 21.1 Å². The average Bonchev–Trinajstić information content (AvgIpc) is 3.34. The third kappa shape index (κ3) is 4.30. The molecule has 8 heteroatoms. The van der Waals surface area contributed by atoms with E-state index in [0.29, 0.717) is 63.4 Å². The maximum absolute atomic E-state index is 6.51. The van der Waals surface area contributed by atoms with Crippen LogP contribution in [0.4, 0.5) is 11.5 Å². The number of hydrogen-bond donors (Lipinski definition) is 2. The summed E-state index contributed by atoms with van der Waals surface area (Å²) in [6.07, 6.45) is 1.73. The van der Waals surface area contributed by atoms with Crippen LogP contribution >= 0.6 is 11.6 Å². The zero-order valence-corrected chi connectivity index (χ0v) is 20.5. The van der Waals surface area contributed by atoms with Gasteiger partial charge in [-0.1, -0.05) is 29.5 Å². The molecule has 0 spiro atoms. The van der Waals surface area contributed by atoms with Gasteiger partial charge in [-0.15, -0.1) is 0 Å². The van der Waals surface area contributed by atoms with Crippen LogP contribution in [0, 0.1) is 29.6 Å². The highest BCUT2D eigenvalue weighted by Gasteiger charge is 2.53. The van der Waals surface area contributed by atoms with Gasteiger partial charge in [0.25, 0.3) is 0 Å². The van der Waals surface area contributed by atoms with E-state index < -0.39 is 0 Å². The van der Waals surface area contributed by atoms with Crippen molar-refractivity contribution in [1.29, 1.82) is 0 Å². The molecule has 1 unspecified atom stereocenters. The van der Waals surface area contributed by atoms with Crippen molar-refractivity contribution in [2.24, 2.45) is 17.8 Å². The molecule has 2 aromatic carbocycles. The number of nitrogens with zero attached hydrogens (tertiary/aromatic N) is 4. The molecule has 0 radical (unpaired) electrons. The van der Waals surface area contributed by atoms with Crippen molar-refractivity contribution in [1.82, 2.24) is 19.9 Å². The summed E-state index contributed by atoms with van der Waals surface area (Å²) in [7, 11) is 2.16. The first-order valence-electron chi connectivity index (χ1n) is 11.9. The van der Waals surface area contributed by atoms with E-state index in [-0.39, 0.29) is 0 Å². The Morgan fingerprint density at radius 2 is 1.92 bits per heavy atom. The number of halogens is 1. The molecule has 3 atom stereocenters. The molecule has 2 aliphatic rings. The summed E-state index contributed by atoms with van der Waals surface area (Å²) in [5, 5.41) is 1.16. The summed E-state index contributed by atoms with van der Waals surface area (Å²) in [6, 6.07) is 14.8. The number of rotatable bonds is 4. The smallest absolute Gasteiger partial charge is 0.162 e. The van der Waals surface area contributed by atoms with E-state index in [0.717, 1.165) is 29.9 Å². The van der Waals surface area contributed by atoms with Gasteiger partial charge in [-0.25, -0.2) is 9.97 Å². The maximum Gasteiger partial charge on any atom is 0.162 e. The molecule has 4 aromatic rings. The normalized spacial score (nSPS) is 20.6. The highest BCUT2D eigenvalue weighted by atomic mass is 35.5. The average molecular weight is 497 g/mol. The molecule has 4 N–H and O–H groups in total. The molecular formula is C28H25ClN6O. The Kier molecular flexibility index (Phi) is 5.63. The van der Waals surface area contributed by atoms with Crippen molar-refractivity contribution in [2.75, 3.05) is 31.6 Å². The molecule has 3 heterocycles. The lowest BCUT2D eigenvalue weighted by atomic mass is 10.1. The number of likely N-dealkylation sites (tertiary alicyclic amines) is 1. The highest BCUT2D eigenvalue weighted by molar-refractivity contribution is 6.32. The molecule has 1 saturated carbocycles. The first-order valence-corrected chi connectivity index (χ1v) is 12.2. The van der Waals surface area contributed by atoms with E-state index >= 15 is 0 Å². The standard InChI is InChI=1S/C28H25ClN6O/c1-35-13-21-19(22(21)14-35)7-5-16-11-25-20(12-24(16)30)27(31)34-28(33-25)17-6-8-26(23(29)10-17)36-15-18-4-2-3-9-32-18/h2-4,6,8-12,19,21-22H,13-15,30H2,1H3,(H2,31,33,34)/t19?,21-,22+. The predicted octanol–water partition coefficient (Wildman–Crippen LogP) is 4.25. The molecule has 1 aliphatic carbocycles. The lowest BCUT2D eigenvalue weighted by Crippen LogP contribution is -2.18. The van der Waals surface area contributed by atoms with Crippen LogP contribution in [0.1, 0.15) is 11.3 Å². The number of fused-ring (bicyclic) bond motifs is 2. The molecule has 36 heavy (non-hydrogen) atoms. The number of pyridine rings is 1. The Morgan fingerprint density at radius 1 is 1.08 bits per heavy atom. The Hall–Kier alpha value is -3.86. The number of aromatic nitrogens is 3. The van der Waals surface area contributed by atoms with Gasteiger partial charge in [-0.05, 0) is 61.3 Å². The molecule has 1 aliphatic heterocycles. The first-order chi connectivity index (χ1) is 17.5. The predicted molar refractivity (Wildman–Crippen MR) is 142 cm³/mol. The number of ether oxygens (including phenoxy) is 1. The second-order valence-corrected chi connectivity index (χ2v) is 9.90. The van der Waals surface area contributed by atoms with E-state index in [2.05, 4.69) is 33.8 Å². The van der Waals surface area contributed by atoms with E-state index in [4.69, 9.17) is 32.8 Å². The maximum atomic E-state index is 6.51. The fraction of sp³-hybridized carbons (Fsp3) is 0.250. The number of hydrogen-bond acceptors (Lipinski definition) is 7. The van der Waals surface area contributed by atoms with Crippen LogP contribution in [0.25, 0.3) is 22.3 Å². The zero-order chi connectivity index (χ0) is 24.8. The van der Waals surface area contributed by atoms with Gasteiger partial charge in [0.1, 0.15) is 18.2 Å². The van der Waals surface area contributed by atoms with Crippen molar-refractivity contribution in [3.63, 3.8) is 0 Å². The summed E-state index contributed by atoms with van der Waals surface area (Å²) in [4.78, 5) is 15.9. The molecule has 2 fully saturated rings. The van der Waals surface area contributed by atoms with Crippen LogP contribution < -0.4 is 16.2 Å². The van der Waals surface area contributed by atoms with Crippen molar-refractivity contribution in [3.05, 3.63) is 71.0 Å². The van der Waals surface area contributed by atoms with Crippen molar-refractivity contribution < 1.29 is 4.74 Å². The van der Waals surface area contributed by atoms with Gasteiger partial charge in [-0.3, -0.25) is 4.98 Å².